The molecule has 1 aromatic heterocycles. The van der Waals surface area contributed by atoms with E-state index < -0.39 is 0 Å². The van der Waals surface area contributed by atoms with Gasteiger partial charge in [0.1, 0.15) is 11.6 Å². The van der Waals surface area contributed by atoms with Gasteiger partial charge in [-0.25, -0.2) is 4.39 Å². The lowest BCUT2D eigenvalue weighted by atomic mass is 10.1. The Hall–Kier alpha value is -2.90. The molecule has 0 bridgehead atoms. The van der Waals surface area contributed by atoms with Crippen LogP contribution in [0.15, 0.2) is 48.5 Å². The Kier molecular flexibility index (Phi) is 6.53. The lowest BCUT2D eigenvalue weighted by molar-refractivity contribution is -0.134. The van der Waals surface area contributed by atoms with Gasteiger partial charge < -0.3 is 14.4 Å². The number of halogens is 2. The Balaban J connectivity index is 1.35. The predicted octanol–water partition coefficient (Wildman–Crippen LogP) is 3.89. The summed E-state index contributed by atoms with van der Waals surface area (Å²) in [4.78, 5) is 14.4. The third kappa shape index (κ3) is 5.24. The van der Waals surface area contributed by atoms with Crippen molar-refractivity contribution in [1.29, 1.82) is 0 Å². The van der Waals surface area contributed by atoms with Gasteiger partial charge in [0.05, 0.1) is 18.9 Å². The first-order valence-corrected chi connectivity index (χ1v) is 10.4. The first kappa shape index (κ1) is 21.3. The summed E-state index contributed by atoms with van der Waals surface area (Å²) in [6, 6.07) is 13.1. The van der Waals surface area contributed by atoms with Gasteiger partial charge in [-0.15, -0.1) is 0 Å². The fraction of sp³-hybridized carbons (Fsp3) is 0.304. The van der Waals surface area contributed by atoms with E-state index >= 15 is 0 Å². The number of fused-ring (bicyclic) bond motifs is 1. The molecule has 1 amide bonds. The molecule has 8 heteroatoms. The molecule has 0 unspecified atom stereocenters. The normalized spacial score (nSPS) is 13.2. The van der Waals surface area contributed by atoms with Crippen molar-refractivity contribution in [1.82, 2.24) is 14.7 Å². The van der Waals surface area contributed by atoms with E-state index in [9.17, 15) is 9.18 Å². The van der Waals surface area contributed by atoms with Gasteiger partial charge in [-0.1, -0.05) is 23.7 Å². The highest BCUT2D eigenvalue weighted by Gasteiger charge is 2.26. The topological polar surface area (TPSA) is 56.6 Å². The summed E-state index contributed by atoms with van der Waals surface area (Å²) in [5, 5.41) is 5.29. The van der Waals surface area contributed by atoms with Gasteiger partial charge in [0, 0.05) is 42.8 Å². The molecule has 0 fully saturated rings. The number of hydrogen-bond donors (Lipinski definition) is 0. The highest BCUT2D eigenvalue weighted by Crippen LogP contribution is 2.23. The Morgan fingerprint density at radius 3 is 2.61 bits per heavy atom. The number of hydrogen-bond acceptors (Lipinski definition) is 4. The van der Waals surface area contributed by atoms with E-state index in [0.717, 1.165) is 28.9 Å². The Bertz CT molecular complexity index is 1050. The van der Waals surface area contributed by atoms with Gasteiger partial charge in [-0.3, -0.25) is 9.48 Å². The van der Waals surface area contributed by atoms with Gasteiger partial charge >= 0.3 is 0 Å². The zero-order valence-electron chi connectivity index (χ0n) is 17.2. The average molecular weight is 444 g/mol. The van der Waals surface area contributed by atoms with Crippen LogP contribution in [0.4, 0.5) is 4.39 Å². The second-order valence-corrected chi connectivity index (χ2v) is 7.86. The Labute approximate surface area is 185 Å². The average Bonchev–Trinajstić information content (AvgIpc) is 3.09. The maximum Gasteiger partial charge on any atom is 0.260 e. The van der Waals surface area contributed by atoms with Crippen molar-refractivity contribution in [2.45, 2.75) is 26.2 Å². The molecule has 0 radical (unpaired) electrons. The summed E-state index contributed by atoms with van der Waals surface area (Å²) in [7, 11) is 1.91. The molecule has 31 heavy (non-hydrogen) atoms. The van der Waals surface area contributed by atoms with Crippen LogP contribution in [0.25, 0.3) is 0 Å². The molecule has 2 aromatic carbocycles. The van der Waals surface area contributed by atoms with Crippen molar-refractivity contribution in [3.8, 4) is 5.75 Å². The highest BCUT2D eigenvalue weighted by atomic mass is 35.5. The standard InChI is InChI=1S/C23H23ClFN3O3/c1-27-22-10-11-28(23(29)15-31-19-8-6-18(25)7-9-19)12-20(22)21(26-27)14-30-13-16-2-4-17(24)5-3-16/h2-9H,10-15H2,1H3. The molecule has 0 aliphatic carbocycles. The fourth-order valence-corrected chi connectivity index (χ4v) is 3.74. The summed E-state index contributed by atoms with van der Waals surface area (Å²) in [6.07, 6.45) is 0.721. The first-order chi connectivity index (χ1) is 15.0. The van der Waals surface area contributed by atoms with E-state index in [1.807, 2.05) is 36.0 Å². The van der Waals surface area contributed by atoms with Crippen LogP contribution in [0.3, 0.4) is 0 Å². The zero-order chi connectivity index (χ0) is 21.8. The van der Waals surface area contributed by atoms with Crippen LogP contribution in [0.2, 0.25) is 5.02 Å². The summed E-state index contributed by atoms with van der Waals surface area (Å²) < 4.78 is 26.2. The minimum atomic E-state index is -0.343. The Morgan fingerprint density at radius 2 is 1.87 bits per heavy atom. The molecule has 0 saturated heterocycles. The number of nitrogens with zero attached hydrogens (tertiary/aromatic N) is 3. The highest BCUT2D eigenvalue weighted by molar-refractivity contribution is 6.30. The van der Waals surface area contributed by atoms with Crippen LogP contribution in [-0.4, -0.2) is 33.7 Å². The van der Waals surface area contributed by atoms with Crippen LogP contribution < -0.4 is 4.74 Å². The van der Waals surface area contributed by atoms with Crippen LogP contribution >= 0.6 is 11.6 Å². The van der Waals surface area contributed by atoms with E-state index in [1.165, 1.54) is 24.3 Å². The van der Waals surface area contributed by atoms with E-state index in [2.05, 4.69) is 5.10 Å². The molecule has 162 valence electrons. The summed E-state index contributed by atoms with van der Waals surface area (Å²) >= 11 is 5.92. The van der Waals surface area contributed by atoms with E-state index in [4.69, 9.17) is 21.1 Å². The second-order valence-electron chi connectivity index (χ2n) is 7.42. The molecule has 0 atom stereocenters. The van der Waals surface area contributed by atoms with Crippen LogP contribution in [0.5, 0.6) is 5.75 Å². The second kappa shape index (κ2) is 9.49. The molecule has 2 heterocycles. The van der Waals surface area contributed by atoms with Crippen molar-refractivity contribution in [3.63, 3.8) is 0 Å². The van der Waals surface area contributed by atoms with Gasteiger partial charge in [-0.2, -0.15) is 5.10 Å². The zero-order valence-corrected chi connectivity index (χ0v) is 17.9. The smallest absolute Gasteiger partial charge is 0.260 e. The number of carbonyl (C=O) groups is 1. The summed E-state index contributed by atoms with van der Waals surface area (Å²) in [5.74, 6) is 0.00148. The third-order valence-corrected chi connectivity index (χ3v) is 5.53. The maximum absolute atomic E-state index is 13.0. The minimum absolute atomic E-state index is 0.0936. The molecule has 0 spiro atoms. The molecular weight excluding hydrogens is 421 g/mol. The SMILES string of the molecule is Cn1nc(COCc2ccc(Cl)cc2)c2c1CCN(C(=O)COc1ccc(F)cc1)C2. The minimum Gasteiger partial charge on any atom is -0.484 e. The Morgan fingerprint density at radius 1 is 1.13 bits per heavy atom. The van der Waals surface area contributed by atoms with Gasteiger partial charge in [-0.05, 0) is 42.0 Å². The summed E-state index contributed by atoms with van der Waals surface area (Å²) in [5.41, 5.74) is 4.01. The number of carbonyl (C=O) groups excluding carboxylic acids is 1. The van der Waals surface area contributed by atoms with E-state index in [0.29, 0.717) is 37.1 Å². The van der Waals surface area contributed by atoms with E-state index in [1.54, 1.807) is 4.90 Å². The van der Waals surface area contributed by atoms with Gasteiger partial charge in [0.15, 0.2) is 6.61 Å². The number of benzene rings is 2. The van der Waals surface area contributed by atoms with Crippen LogP contribution in [-0.2, 0) is 42.8 Å². The first-order valence-electron chi connectivity index (χ1n) is 10.0. The number of ether oxygens (including phenoxy) is 2. The molecular formula is C23H23ClFN3O3. The molecule has 6 nitrogen and oxygen atoms in total. The summed E-state index contributed by atoms with van der Waals surface area (Å²) in [6.45, 7) is 1.79. The molecule has 0 N–H and O–H groups in total. The van der Waals surface area contributed by atoms with Crippen molar-refractivity contribution in [2.75, 3.05) is 13.2 Å². The quantitative estimate of drug-likeness (QED) is 0.556. The number of aryl methyl sites for hydroxylation is 1. The van der Waals surface area contributed by atoms with Crippen molar-refractivity contribution < 1.29 is 18.7 Å². The monoisotopic (exact) mass is 443 g/mol. The predicted molar refractivity (Wildman–Crippen MR) is 114 cm³/mol. The lowest BCUT2D eigenvalue weighted by Crippen LogP contribution is -2.39. The van der Waals surface area contributed by atoms with Crippen LogP contribution in [0, 0.1) is 5.82 Å². The molecule has 1 aliphatic heterocycles. The van der Waals surface area contributed by atoms with E-state index in [-0.39, 0.29) is 18.3 Å². The van der Waals surface area contributed by atoms with Crippen LogP contribution in [0.1, 0.15) is 22.5 Å². The van der Waals surface area contributed by atoms with Gasteiger partial charge in [0.25, 0.3) is 5.91 Å². The number of amides is 1. The third-order valence-electron chi connectivity index (χ3n) is 5.27. The number of rotatable bonds is 7. The largest absolute Gasteiger partial charge is 0.484 e. The molecule has 4 rings (SSSR count). The lowest BCUT2D eigenvalue weighted by Gasteiger charge is -2.27. The maximum atomic E-state index is 13.0. The van der Waals surface area contributed by atoms with Crippen molar-refractivity contribution in [2.24, 2.45) is 7.05 Å². The molecule has 3 aromatic rings. The molecule has 0 saturated carbocycles. The van der Waals surface area contributed by atoms with Crippen molar-refractivity contribution >= 4 is 17.5 Å². The van der Waals surface area contributed by atoms with Crippen molar-refractivity contribution in [3.05, 3.63) is 81.9 Å². The van der Waals surface area contributed by atoms with Gasteiger partial charge in [0.2, 0.25) is 0 Å². The molecule has 1 aliphatic rings. The fourth-order valence-electron chi connectivity index (χ4n) is 3.61. The number of aromatic nitrogens is 2.